The van der Waals surface area contributed by atoms with Gasteiger partial charge in [0.15, 0.2) is 17.1 Å². The molecule has 0 radical (unpaired) electrons. The summed E-state index contributed by atoms with van der Waals surface area (Å²) >= 11 is 6.07. The molecule has 1 N–H and O–H groups in total. The van der Waals surface area contributed by atoms with Crippen LogP contribution in [0.2, 0.25) is 5.28 Å². The van der Waals surface area contributed by atoms with E-state index in [1.807, 2.05) is 31.5 Å². The van der Waals surface area contributed by atoms with Crippen molar-refractivity contribution in [2.45, 2.75) is 45.2 Å². The van der Waals surface area contributed by atoms with Crippen molar-refractivity contribution in [3.05, 3.63) is 41.1 Å². The number of carbonyl (C=O) groups is 1. The molecule has 1 aromatic carbocycles. The Bertz CT molecular complexity index is 1150. The van der Waals surface area contributed by atoms with Crippen LogP contribution in [0.3, 0.4) is 0 Å². The SMILES string of the molecule is Cc1nc(Cl)nc2c1ncn2[C@H]1CCC[C@@H](COC(=O)NCc2ccc3c(c2)OCO3)C1. The summed E-state index contributed by atoms with van der Waals surface area (Å²) in [6, 6.07) is 5.84. The third kappa shape index (κ3) is 4.29. The number of fused-ring (bicyclic) bond motifs is 2. The van der Waals surface area contributed by atoms with E-state index in [4.69, 9.17) is 25.8 Å². The Balaban J connectivity index is 1.15. The lowest BCUT2D eigenvalue weighted by atomic mass is 9.86. The van der Waals surface area contributed by atoms with E-state index in [0.717, 1.165) is 53.9 Å². The van der Waals surface area contributed by atoms with Gasteiger partial charge in [0.05, 0.1) is 18.6 Å². The first-order valence-electron chi connectivity index (χ1n) is 10.7. The lowest BCUT2D eigenvalue weighted by Gasteiger charge is -2.29. The maximum Gasteiger partial charge on any atom is 0.407 e. The van der Waals surface area contributed by atoms with Gasteiger partial charge in [0.2, 0.25) is 12.1 Å². The van der Waals surface area contributed by atoms with Crippen LogP contribution in [0, 0.1) is 12.8 Å². The molecule has 1 aliphatic heterocycles. The van der Waals surface area contributed by atoms with Crippen LogP contribution >= 0.6 is 11.6 Å². The van der Waals surface area contributed by atoms with E-state index in [1.54, 1.807) is 0 Å². The van der Waals surface area contributed by atoms with Gasteiger partial charge in [-0.1, -0.05) is 12.5 Å². The van der Waals surface area contributed by atoms with Crippen molar-refractivity contribution < 1.29 is 19.0 Å². The van der Waals surface area contributed by atoms with Gasteiger partial charge in [-0.15, -0.1) is 0 Å². The normalized spacial score (nSPS) is 19.8. The van der Waals surface area contributed by atoms with Crippen LogP contribution in [0.1, 0.15) is 43.0 Å². The van der Waals surface area contributed by atoms with E-state index >= 15 is 0 Å². The van der Waals surface area contributed by atoms with Gasteiger partial charge in [0.25, 0.3) is 0 Å². The molecule has 0 bridgehead atoms. The van der Waals surface area contributed by atoms with Crippen LogP contribution in [0.5, 0.6) is 11.5 Å². The Kier molecular flexibility index (Phi) is 5.73. The molecule has 1 aliphatic carbocycles. The molecule has 32 heavy (non-hydrogen) atoms. The van der Waals surface area contributed by atoms with E-state index in [9.17, 15) is 4.79 Å². The van der Waals surface area contributed by atoms with Crippen LogP contribution < -0.4 is 14.8 Å². The van der Waals surface area contributed by atoms with E-state index in [-0.39, 0.29) is 24.0 Å². The third-order valence-corrected chi connectivity index (χ3v) is 6.21. The number of alkyl carbamates (subject to hydrolysis) is 1. The van der Waals surface area contributed by atoms with Crippen molar-refractivity contribution in [2.75, 3.05) is 13.4 Å². The molecule has 9 nitrogen and oxygen atoms in total. The number of amides is 1. The highest BCUT2D eigenvalue weighted by Crippen LogP contribution is 2.35. The first-order chi connectivity index (χ1) is 15.6. The highest BCUT2D eigenvalue weighted by molar-refractivity contribution is 6.28. The topological polar surface area (TPSA) is 100 Å². The zero-order chi connectivity index (χ0) is 22.1. The van der Waals surface area contributed by atoms with E-state index in [2.05, 4.69) is 24.8 Å². The minimum atomic E-state index is -0.423. The predicted octanol–water partition coefficient (Wildman–Crippen LogP) is 4.17. The summed E-state index contributed by atoms with van der Waals surface area (Å²) in [5, 5.41) is 3.03. The summed E-state index contributed by atoms with van der Waals surface area (Å²) in [4.78, 5) is 25.3. The summed E-state index contributed by atoms with van der Waals surface area (Å²) in [7, 11) is 0. The Morgan fingerprint density at radius 3 is 3.06 bits per heavy atom. The average Bonchev–Trinajstić information content (AvgIpc) is 3.43. The molecular weight excluding hydrogens is 434 g/mol. The molecular formula is C22H24ClN5O4. The van der Waals surface area contributed by atoms with E-state index < -0.39 is 6.09 Å². The van der Waals surface area contributed by atoms with Gasteiger partial charge in [0, 0.05) is 12.6 Å². The summed E-state index contributed by atoms with van der Waals surface area (Å²) in [5.74, 6) is 1.69. The van der Waals surface area contributed by atoms with Gasteiger partial charge in [-0.05, 0) is 61.4 Å². The second kappa shape index (κ2) is 8.82. The van der Waals surface area contributed by atoms with Crippen LogP contribution in [-0.4, -0.2) is 39.0 Å². The van der Waals surface area contributed by atoms with Crippen molar-refractivity contribution >= 4 is 28.9 Å². The molecule has 168 valence electrons. The molecule has 5 rings (SSSR count). The molecule has 3 aromatic rings. The van der Waals surface area contributed by atoms with Gasteiger partial charge in [0.1, 0.15) is 5.52 Å². The molecule has 1 saturated carbocycles. The number of nitrogens with zero attached hydrogens (tertiary/aromatic N) is 4. The number of rotatable bonds is 5. The molecule has 1 amide bonds. The molecule has 1 fully saturated rings. The van der Waals surface area contributed by atoms with Gasteiger partial charge in [-0.2, -0.15) is 4.98 Å². The number of halogens is 1. The Labute approximate surface area is 190 Å². The van der Waals surface area contributed by atoms with Crippen LogP contribution in [-0.2, 0) is 11.3 Å². The molecule has 2 aromatic heterocycles. The fourth-order valence-corrected chi connectivity index (χ4v) is 4.63. The zero-order valence-electron chi connectivity index (χ0n) is 17.7. The summed E-state index contributed by atoms with van der Waals surface area (Å²) in [5.41, 5.74) is 3.23. The molecule has 3 heterocycles. The summed E-state index contributed by atoms with van der Waals surface area (Å²) in [6.45, 7) is 2.85. The molecule has 0 saturated heterocycles. The summed E-state index contributed by atoms with van der Waals surface area (Å²) < 4.78 is 18.3. The Morgan fingerprint density at radius 2 is 2.16 bits per heavy atom. The highest BCUT2D eigenvalue weighted by atomic mass is 35.5. The van der Waals surface area contributed by atoms with Crippen molar-refractivity contribution in [3.8, 4) is 11.5 Å². The summed E-state index contributed by atoms with van der Waals surface area (Å²) in [6.07, 6.45) is 5.38. The number of carbonyl (C=O) groups excluding carboxylic acids is 1. The average molecular weight is 458 g/mol. The lowest BCUT2D eigenvalue weighted by Crippen LogP contribution is -2.28. The number of imidazole rings is 1. The Hall–Kier alpha value is -3.07. The highest BCUT2D eigenvalue weighted by Gasteiger charge is 2.26. The minimum Gasteiger partial charge on any atom is -0.454 e. The number of benzene rings is 1. The fourth-order valence-electron chi connectivity index (χ4n) is 4.43. The second-order valence-corrected chi connectivity index (χ2v) is 8.57. The number of ether oxygens (including phenoxy) is 3. The largest absolute Gasteiger partial charge is 0.454 e. The predicted molar refractivity (Wildman–Crippen MR) is 117 cm³/mol. The second-order valence-electron chi connectivity index (χ2n) is 8.23. The van der Waals surface area contributed by atoms with Crippen molar-refractivity contribution in [2.24, 2.45) is 5.92 Å². The quantitative estimate of drug-likeness (QED) is 0.573. The van der Waals surface area contributed by atoms with Gasteiger partial charge >= 0.3 is 6.09 Å². The van der Waals surface area contributed by atoms with Gasteiger partial charge < -0.3 is 24.1 Å². The van der Waals surface area contributed by atoms with Crippen LogP contribution in [0.4, 0.5) is 4.79 Å². The standard InChI is InChI=1S/C22H24ClN5O4/c1-13-19-20(27-21(23)26-13)28(11-25-19)16-4-2-3-15(7-16)10-30-22(29)24-9-14-5-6-17-18(8-14)32-12-31-17/h5-6,8,11,15-16H,2-4,7,9-10,12H2,1H3,(H,24,29)/t15-,16+/m1/s1. The fraction of sp³-hybridized carbons (Fsp3) is 0.455. The minimum absolute atomic E-state index is 0.227. The van der Waals surface area contributed by atoms with Crippen molar-refractivity contribution in [1.29, 1.82) is 0 Å². The molecule has 10 heteroatoms. The number of nitrogens with one attached hydrogen (secondary N) is 1. The third-order valence-electron chi connectivity index (χ3n) is 6.04. The molecule has 0 unspecified atom stereocenters. The van der Waals surface area contributed by atoms with E-state index in [0.29, 0.717) is 18.9 Å². The lowest BCUT2D eigenvalue weighted by molar-refractivity contribution is 0.107. The Morgan fingerprint density at radius 1 is 1.28 bits per heavy atom. The molecule has 0 spiro atoms. The number of hydrogen-bond acceptors (Lipinski definition) is 7. The smallest absolute Gasteiger partial charge is 0.407 e. The van der Waals surface area contributed by atoms with Gasteiger partial charge in [-0.25, -0.2) is 14.8 Å². The maximum absolute atomic E-state index is 12.2. The van der Waals surface area contributed by atoms with Gasteiger partial charge in [-0.3, -0.25) is 0 Å². The first kappa shape index (κ1) is 20.8. The van der Waals surface area contributed by atoms with Crippen LogP contribution in [0.25, 0.3) is 11.2 Å². The maximum atomic E-state index is 12.2. The number of hydrogen-bond donors (Lipinski definition) is 1. The first-order valence-corrected chi connectivity index (χ1v) is 11.1. The van der Waals surface area contributed by atoms with E-state index in [1.165, 1.54) is 0 Å². The van der Waals surface area contributed by atoms with Crippen molar-refractivity contribution in [3.63, 3.8) is 0 Å². The molecule has 2 aliphatic rings. The number of aromatic nitrogens is 4. The molecule has 2 atom stereocenters. The monoisotopic (exact) mass is 457 g/mol. The number of aryl methyl sites for hydroxylation is 1. The van der Waals surface area contributed by atoms with Crippen LogP contribution in [0.15, 0.2) is 24.5 Å². The zero-order valence-corrected chi connectivity index (χ0v) is 18.5. The van der Waals surface area contributed by atoms with Crippen molar-refractivity contribution in [1.82, 2.24) is 24.8 Å².